The van der Waals surface area contributed by atoms with Crippen molar-refractivity contribution in [2.24, 2.45) is 0 Å². The summed E-state index contributed by atoms with van der Waals surface area (Å²) >= 11 is 12.9. The molecule has 55 heavy (non-hydrogen) atoms. The summed E-state index contributed by atoms with van der Waals surface area (Å²) in [6, 6.07) is 31.8. The molecule has 6 aromatic rings. The van der Waals surface area contributed by atoms with Gasteiger partial charge in [-0.3, -0.25) is 4.79 Å². The number of benzene rings is 5. The molecule has 0 saturated heterocycles. The summed E-state index contributed by atoms with van der Waals surface area (Å²) in [6.45, 7) is 3.91. The van der Waals surface area contributed by atoms with Gasteiger partial charge in [-0.25, -0.2) is 13.6 Å². The summed E-state index contributed by atoms with van der Waals surface area (Å²) in [5, 5.41) is 9.65. The average molecular weight is 894 g/mol. The zero-order valence-corrected chi connectivity index (χ0v) is 33.6. The van der Waals surface area contributed by atoms with E-state index in [4.69, 9.17) is 21.1 Å². The number of carbonyl (C=O) groups is 3. The lowest BCUT2D eigenvalue weighted by atomic mass is 10.0. The van der Waals surface area contributed by atoms with Gasteiger partial charge in [0, 0.05) is 38.7 Å². The molecule has 0 saturated carbocycles. The number of Topliss-reactive ketones (excluding diaryl/α,β-unsaturated/α-hetero) is 2. The third-order valence-electron chi connectivity index (χ3n) is 8.29. The summed E-state index contributed by atoms with van der Waals surface area (Å²) in [4.78, 5) is 34.9. The number of aromatic carboxylic acids is 1. The minimum Gasteiger partial charge on any atom is -0.488 e. The number of rotatable bonds is 13. The maximum atomic E-state index is 13.2. The second-order valence-corrected chi connectivity index (χ2v) is 14.6. The quantitative estimate of drug-likeness (QED) is 0.116. The third kappa shape index (κ3) is 11.2. The third-order valence-corrected chi connectivity index (χ3v) is 9.61. The first-order valence-electron chi connectivity index (χ1n) is 16.9. The smallest absolute Gasteiger partial charge is 0.337 e. The first-order valence-corrected chi connectivity index (χ1v) is 18.8. The molecule has 1 N–H and O–H groups in total. The second-order valence-electron chi connectivity index (χ2n) is 12.4. The van der Waals surface area contributed by atoms with Gasteiger partial charge in [0.15, 0.2) is 5.78 Å². The number of carboxylic acid groups (broad SMARTS) is 1. The van der Waals surface area contributed by atoms with Gasteiger partial charge in [0.05, 0.1) is 21.8 Å². The number of carboxylic acids is 1. The van der Waals surface area contributed by atoms with Crippen molar-refractivity contribution in [1.29, 1.82) is 0 Å². The lowest BCUT2D eigenvalue weighted by Gasteiger charge is -2.17. The van der Waals surface area contributed by atoms with E-state index in [2.05, 4.69) is 31.9 Å². The van der Waals surface area contributed by atoms with Crippen molar-refractivity contribution in [2.45, 2.75) is 39.9 Å². The molecule has 1 aromatic heterocycles. The van der Waals surface area contributed by atoms with E-state index in [1.807, 2.05) is 41.8 Å². The van der Waals surface area contributed by atoms with Crippen molar-refractivity contribution in [1.82, 2.24) is 4.57 Å². The molecular weight excluding hydrogens is 860 g/mol. The van der Waals surface area contributed by atoms with Crippen molar-refractivity contribution in [3.63, 3.8) is 0 Å². The van der Waals surface area contributed by atoms with E-state index >= 15 is 0 Å². The Kier molecular flexibility index (Phi) is 14.2. The number of aryl methyl sites for hydroxylation is 1. The Morgan fingerprint density at radius 2 is 1.25 bits per heavy atom. The van der Waals surface area contributed by atoms with Crippen LogP contribution in [0, 0.1) is 18.6 Å². The minimum absolute atomic E-state index is 0.0258. The van der Waals surface area contributed by atoms with Crippen LogP contribution in [0.3, 0.4) is 0 Å². The molecule has 0 bridgehead atoms. The highest BCUT2D eigenvalue weighted by Gasteiger charge is 2.18. The Labute approximate surface area is 338 Å². The van der Waals surface area contributed by atoms with Crippen LogP contribution in [0.2, 0.25) is 5.02 Å². The Balaban J connectivity index is 0.000000223. The number of carbonyl (C=O) groups excluding carboxylic acids is 2. The van der Waals surface area contributed by atoms with Gasteiger partial charge in [-0.2, -0.15) is 0 Å². The molecule has 5 aromatic carbocycles. The predicted molar refractivity (Wildman–Crippen MR) is 215 cm³/mol. The molecule has 12 heteroatoms. The number of hydrogen-bond donors (Lipinski definition) is 1. The monoisotopic (exact) mass is 891 g/mol. The average Bonchev–Trinajstić information content (AvgIpc) is 3.55. The van der Waals surface area contributed by atoms with Gasteiger partial charge in [0.2, 0.25) is 0 Å². The number of halogens is 5. The van der Waals surface area contributed by atoms with Gasteiger partial charge in [0.25, 0.3) is 0 Å². The Morgan fingerprint density at radius 3 is 1.84 bits per heavy atom. The summed E-state index contributed by atoms with van der Waals surface area (Å²) in [5.41, 5.74) is 5.36. The standard InChI is InChI=1S/C25H18BrClFNO3.C18H16BrFO3/c1-15-2-10-23(29(15)19-8-9-22(27)20(13-19)25(30)31)21-12-17(26)5-11-24(21)32-14-16-3-6-18(28)7-4-16;1-12(21)2-8-17(22)16-10-14(19)5-9-18(16)23-11-13-3-6-15(20)7-4-13/h2-13H,14H2,1H3,(H,30,31);3-7,9-10H,2,8,11H2,1H3. The normalized spacial score (nSPS) is 10.7. The van der Waals surface area contributed by atoms with E-state index in [1.54, 1.807) is 60.7 Å². The van der Waals surface area contributed by atoms with Gasteiger partial charge >= 0.3 is 5.97 Å². The maximum Gasteiger partial charge on any atom is 0.337 e. The van der Waals surface area contributed by atoms with Crippen LogP contribution in [-0.4, -0.2) is 27.2 Å². The van der Waals surface area contributed by atoms with Gasteiger partial charge in [-0.05, 0) is 116 Å². The van der Waals surface area contributed by atoms with E-state index in [1.165, 1.54) is 31.2 Å². The van der Waals surface area contributed by atoms with E-state index in [-0.39, 0.29) is 59.8 Å². The van der Waals surface area contributed by atoms with Gasteiger partial charge in [-0.15, -0.1) is 0 Å². The summed E-state index contributed by atoms with van der Waals surface area (Å²) in [5.74, 6) is -0.769. The molecule has 0 amide bonds. The van der Waals surface area contributed by atoms with Crippen molar-refractivity contribution in [3.05, 3.63) is 169 Å². The second kappa shape index (κ2) is 19.0. The first kappa shape index (κ1) is 41.1. The topological polar surface area (TPSA) is 94.8 Å². The Bertz CT molecular complexity index is 2330. The SMILES string of the molecule is CC(=O)CCC(=O)c1cc(Br)ccc1OCc1ccc(F)cc1.Cc1ccc(-c2cc(Br)ccc2OCc2ccc(F)cc2)n1-c1ccc(Cl)c(C(=O)O)c1. The highest BCUT2D eigenvalue weighted by Crippen LogP contribution is 2.37. The van der Waals surface area contributed by atoms with Gasteiger partial charge in [-0.1, -0.05) is 67.7 Å². The molecule has 0 aliphatic heterocycles. The van der Waals surface area contributed by atoms with E-state index in [0.29, 0.717) is 22.7 Å². The van der Waals surface area contributed by atoms with Crippen LogP contribution in [0.4, 0.5) is 8.78 Å². The largest absolute Gasteiger partial charge is 0.488 e. The predicted octanol–water partition coefficient (Wildman–Crippen LogP) is 12.0. The van der Waals surface area contributed by atoms with Crippen LogP contribution in [0.25, 0.3) is 16.9 Å². The molecule has 0 radical (unpaired) electrons. The fourth-order valence-electron chi connectivity index (χ4n) is 5.49. The Morgan fingerprint density at radius 1 is 0.691 bits per heavy atom. The molecule has 0 aliphatic rings. The van der Waals surface area contributed by atoms with Crippen LogP contribution < -0.4 is 9.47 Å². The zero-order valence-electron chi connectivity index (χ0n) is 29.6. The van der Waals surface area contributed by atoms with Crippen LogP contribution >= 0.6 is 43.5 Å². The van der Waals surface area contributed by atoms with E-state index in [9.17, 15) is 28.3 Å². The molecule has 0 atom stereocenters. The fourth-order valence-corrected chi connectivity index (χ4v) is 6.41. The molecule has 0 unspecified atom stereocenters. The molecular formula is C43H34Br2ClF2NO6. The fraction of sp³-hybridized carbons (Fsp3) is 0.140. The highest BCUT2D eigenvalue weighted by atomic mass is 79.9. The molecule has 0 fully saturated rings. The van der Waals surface area contributed by atoms with E-state index < -0.39 is 5.97 Å². The molecule has 282 valence electrons. The summed E-state index contributed by atoms with van der Waals surface area (Å²) < 4.78 is 41.5. The minimum atomic E-state index is -1.09. The maximum absolute atomic E-state index is 13.2. The molecule has 1 heterocycles. The summed E-state index contributed by atoms with van der Waals surface area (Å²) in [7, 11) is 0. The van der Waals surface area contributed by atoms with Crippen LogP contribution in [0.5, 0.6) is 11.5 Å². The number of nitrogens with zero attached hydrogens (tertiary/aromatic N) is 1. The van der Waals surface area contributed by atoms with Gasteiger partial charge < -0.3 is 23.9 Å². The van der Waals surface area contributed by atoms with Crippen LogP contribution in [0.1, 0.15) is 57.3 Å². The number of aromatic nitrogens is 1. The molecule has 7 nitrogen and oxygen atoms in total. The molecule has 6 rings (SSSR count). The van der Waals surface area contributed by atoms with Crippen molar-refractivity contribution in [2.75, 3.05) is 0 Å². The van der Waals surface area contributed by atoms with Crippen molar-refractivity contribution >= 4 is 61.0 Å². The van der Waals surface area contributed by atoms with Crippen molar-refractivity contribution in [3.8, 4) is 28.4 Å². The lowest BCUT2D eigenvalue weighted by molar-refractivity contribution is -0.117. The Hall–Kier alpha value is -5.10. The van der Waals surface area contributed by atoms with E-state index in [0.717, 1.165) is 37.0 Å². The van der Waals surface area contributed by atoms with Crippen molar-refractivity contribution < 1.29 is 37.7 Å². The summed E-state index contributed by atoms with van der Waals surface area (Å²) in [6.07, 6.45) is 0.363. The van der Waals surface area contributed by atoms with Crippen LogP contribution in [-0.2, 0) is 18.0 Å². The lowest BCUT2D eigenvalue weighted by Crippen LogP contribution is -2.06. The van der Waals surface area contributed by atoms with Crippen LogP contribution in [0.15, 0.2) is 124 Å². The first-order chi connectivity index (χ1) is 26.3. The molecule has 0 aliphatic carbocycles. The zero-order chi connectivity index (χ0) is 39.6. The number of ether oxygens (including phenoxy) is 2. The van der Waals surface area contributed by atoms with Gasteiger partial charge in [0.1, 0.15) is 42.1 Å². The highest BCUT2D eigenvalue weighted by molar-refractivity contribution is 9.10. The number of hydrogen-bond acceptors (Lipinski definition) is 5. The molecule has 0 spiro atoms. The number of ketones is 2.